The number of carboxylic acid groups (broad SMARTS) is 1. The molecule has 0 aromatic heterocycles. The predicted molar refractivity (Wildman–Crippen MR) is 65.5 cm³/mol. The molecule has 5 heteroatoms. The Balaban J connectivity index is 2.54. The third-order valence-electron chi connectivity index (χ3n) is 2.48. The maximum Gasteiger partial charge on any atom is 0.339 e. The Kier molecular flexibility index (Phi) is 3.21. The smallest absolute Gasteiger partial charge is 0.339 e. The monoisotopic (exact) mass is 266 g/mol. The molecule has 2 N–H and O–H groups in total. The summed E-state index contributed by atoms with van der Waals surface area (Å²) in [7, 11) is 0. The summed E-state index contributed by atoms with van der Waals surface area (Å²) in [4.78, 5) is 10.9. The molecule has 0 unspecified atom stereocenters. The molecule has 0 amide bonds. The molecule has 0 aliphatic carbocycles. The quantitative estimate of drug-likeness (QED) is 0.874. The van der Waals surface area contributed by atoms with E-state index >= 15 is 0 Å². The van der Waals surface area contributed by atoms with Gasteiger partial charge in [0.05, 0.1) is 5.02 Å². The van der Waals surface area contributed by atoms with Gasteiger partial charge in [-0.2, -0.15) is 0 Å². The third-order valence-corrected chi connectivity index (χ3v) is 2.79. The molecule has 3 nitrogen and oxygen atoms in total. The summed E-state index contributed by atoms with van der Waals surface area (Å²) in [5, 5.41) is 18.3. The van der Waals surface area contributed by atoms with Gasteiger partial charge >= 0.3 is 5.97 Å². The number of hydrogen-bond donors (Lipinski definition) is 2. The first-order valence-electron chi connectivity index (χ1n) is 5.01. The molecule has 0 saturated carbocycles. The Morgan fingerprint density at radius 1 is 1.11 bits per heavy atom. The van der Waals surface area contributed by atoms with E-state index in [1.54, 1.807) is 6.07 Å². The molecule has 0 bridgehead atoms. The van der Waals surface area contributed by atoms with Crippen LogP contribution in [0.15, 0.2) is 36.4 Å². The van der Waals surface area contributed by atoms with Crippen molar-refractivity contribution in [2.45, 2.75) is 0 Å². The molecule has 2 aromatic rings. The molecule has 0 aliphatic rings. The summed E-state index contributed by atoms with van der Waals surface area (Å²) >= 11 is 5.57. The molecule has 2 rings (SSSR count). The number of benzene rings is 2. The van der Waals surface area contributed by atoms with Gasteiger partial charge in [-0.3, -0.25) is 0 Å². The van der Waals surface area contributed by atoms with Crippen LogP contribution in [0.4, 0.5) is 4.39 Å². The van der Waals surface area contributed by atoms with Crippen LogP contribution in [0.25, 0.3) is 11.1 Å². The Bertz CT molecular complexity index is 626. The fourth-order valence-corrected chi connectivity index (χ4v) is 1.68. The van der Waals surface area contributed by atoms with Crippen LogP contribution in [0, 0.1) is 5.82 Å². The van der Waals surface area contributed by atoms with E-state index in [0.29, 0.717) is 11.1 Å². The average Bonchev–Trinajstić information content (AvgIpc) is 2.33. The van der Waals surface area contributed by atoms with E-state index in [1.165, 1.54) is 30.3 Å². The predicted octanol–water partition coefficient (Wildman–Crippen LogP) is 3.55. The first kappa shape index (κ1) is 12.4. The highest BCUT2D eigenvalue weighted by atomic mass is 35.5. The zero-order valence-electron chi connectivity index (χ0n) is 9.02. The van der Waals surface area contributed by atoms with Gasteiger partial charge in [0.15, 0.2) is 0 Å². The zero-order valence-corrected chi connectivity index (χ0v) is 9.78. The van der Waals surface area contributed by atoms with Crippen LogP contribution in [-0.2, 0) is 0 Å². The van der Waals surface area contributed by atoms with Crippen molar-refractivity contribution in [3.63, 3.8) is 0 Å². The van der Waals surface area contributed by atoms with Crippen LogP contribution in [0.2, 0.25) is 5.02 Å². The molecule has 0 heterocycles. The van der Waals surface area contributed by atoms with Gasteiger partial charge in [0.2, 0.25) is 0 Å². The molecule has 0 fully saturated rings. The summed E-state index contributed by atoms with van der Waals surface area (Å²) in [6.45, 7) is 0. The van der Waals surface area contributed by atoms with Gasteiger partial charge in [-0.05, 0) is 35.4 Å². The van der Waals surface area contributed by atoms with Crippen LogP contribution >= 0.6 is 11.6 Å². The second-order valence-corrected chi connectivity index (χ2v) is 4.07. The number of hydrogen-bond acceptors (Lipinski definition) is 2. The van der Waals surface area contributed by atoms with E-state index in [2.05, 4.69) is 0 Å². The van der Waals surface area contributed by atoms with Gasteiger partial charge < -0.3 is 10.2 Å². The Morgan fingerprint density at radius 2 is 1.72 bits per heavy atom. The van der Waals surface area contributed by atoms with Crippen molar-refractivity contribution >= 4 is 17.6 Å². The standard InChI is InChI=1S/C13H8ClFO3/c14-10-3-1-8(6-11(10)15)7-2-4-12(16)9(5-7)13(17)18/h1-6,16H,(H,17,18). The molecule has 0 radical (unpaired) electrons. The van der Waals surface area contributed by atoms with Crippen molar-refractivity contribution in [1.29, 1.82) is 0 Å². The molecule has 2 aromatic carbocycles. The van der Waals surface area contributed by atoms with Crippen LogP contribution in [0.5, 0.6) is 5.75 Å². The number of carboxylic acids is 1. The van der Waals surface area contributed by atoms with Gasteiger partial charge in [-0.25, -0.2) is 9.18 Å². The van der Waals surface area contributed by atoms with Crippen molar-refractivity contribution in [2.75, 3.05) is 0 Å². The highest BCUT2D eigenvalue weighted by Crippen LogP contribution is 2.28. The fraction of sp³-hybridized carbons (Fsp3) is 0. The highest BCUT2D eigenvalue weighted by molar-refractivity contribution is 6.30. The highest BCUT2D eigenvalue weighted by Gasteiger charge is 2.11. The normalized spacial score (nSPS) is 10.3. The van der Waals surface area contributed by atoms with Crippen molar-refractivity contribution in [3.8, 4) is 16.9 Å². The third kappa shape index (κ3) is 2.28. The van der Waals surface area contributed by atoms with Gasteiger partial charge in [0.1, 0.15) is 17.1 Å². The summed E-state index contributed by atoms with van der Waals surface area (Å²) in [6.07, 6.45) is 0. The lowest BCUT2D eigenvalue weighted by atomic mass is 10.0. The number of rotatable bonds is 2. The second kappa shape index (κ2) is 4.66. The average molecular weight is 267 g/mol. The van der Waals surface area contributed by atoms with E-state index < -0.39 is 11.8 Å². The lowest BCUT2D eigenvalue weighted by molar-refractivity contribution is 0.0694. The number of aromatic hydroxyl groups is 1. The second-order valence-electron chi connectivity index (χ2n) is 3.67. The minimum atomic E-state index is -1.25. The first-order chi connectivity index (χ1) is 8.49. The van der Waals surface area contributed by atoms with Crippen LogP contribution < -0.4 is 0 Å². The van der Waals surface area contributed by atoms with Crippen molar-refractivity contribution in [3.05, 3.63) is 52.8 Å². The van der Waals surface area contributed by atoms with Gasteiger partial charge in [0.25, 0.3) is 0 Å². The maximum atomic E-state index is 13.3. The maximum absolute atomic E-state index is 13.3. The van der Waals surface area contributed by atoms with E-state index in [9.17, 15) is 14.3 Å². The van der Waals surface area contributed by atoms with Crippen molar-refractivity contribution < 1.29 is 19.4 Å². The summed E-state index contributed by atoms with van der Waals surface area (Å²) in [5.41, 5.74) is 0.739. The van der Waals surface area contributed by atoms with Crippen LogP contribution in [0.3, 0.4) is 0 Å². The molecule has 0 atom stereocenters. The van der Waals surface area contributed by atoms with E-state index in [1.807, 2.05) is 0 Å². The zero-order chi connectivity index (χ0) is 13.3. The lowest BCUT2D eigenvalue weighted by Crippen LogP contribution is -1.97. The molecular formula is C13H8ClFO3. The molecule has 0 saturated heterocycles. The summed E-state index contributed by atoms with van der Waals surface area (Å²) in [6, 6.07) is 8.21. The number of phenols is 1. The number of carbonyl (C=O) groups is 1. The minimum Gasteiger partial charge on any atom is -0.507 e. The largest absolute Gasteiger partial charge is 0.507 e. The van der Waals surface area contributed by atoms with Crippen molar-refractivity contribution in [2.24, 2.45) is 0 Å². The Labute approximate surface area is 107 Å². The molecule has 0 aliphatic heterocycles. The van der Waals surface area contributed by atoms with Gasteiger partial charge in [-0.1, -0.05) is 23.7 Å². The van der Waals surface area contributed by atoms with Crippen LogP contribution in [0.1, 0.15) is 10.4 Å². The molecule has 18 heavy (non-hydrogen) atoms. The Morgan fingerprint density at radius 3 is 2.33 bits per heavy atom. The summed E-state index contributed by atoms with van der Waals surface area (Å²) in [5.74, 6) is -2.16. The summed E-state index contributed by atoms with van der Waals surface area (Å²) < 4.78 is 13.3. The molecule has 0 spiro atoms. The lowest BCUT2D eigenvalue weighted by Gasteiger charge is -2.05. The van der Waals surface area contributed by atoms with E-state index in [-0.39, 0.29) is 16.3 Å². The van der Waals surface area contributed by atoms with E-state index in [4.69, 9.17) is 16.7 Å². The molecular weight excluding hydrogens is 259 g/mol. The topological polar surface area (TPSA) is 57.5 Å². The van der Waals surface area contributed by atoms with Crippen LogP contribution in [-0.4, -0.2) is 16.2 Å². The Hall–Kier alpha value is -2.07. The number of aromatic carboxylic acids is 1. The van der Waals surface area contributed by atoms with Crippen molar-refractivity contribution in [1.82, 2.24) is 0 Å². The van der Waals surface area contributed by atoms with E-state index in [0.717, 1.165) is 0 Å². The SMILES string of the molecule is O=C(O)c1cc(-c2ccc(Cl)c(F)c2)ccc1O. The number of halogens is 2. The van der Waals surface area contributed by atoms with Gasteiger partial charge in [-0.15, -0.1) is 0 Å². The molecule has 92 valence electrons. The first-order valence-corrected chi connectivity index (χ1v) is 5.38. The minimum absolute atomic E-state index is 0.00372. The van der Waals surface area contributed by atoms with Gasteiger partial charge in [0, 0.05) is 0 Å². The fourth-order valence-electron chi connectivity index (χ4n) is 1.56.